The molecule has 0 atom stereocenters. The first-order chi connectivity index (χ1) is 10.7. The fourth-order valence-corrected chi connectivity index (χ4v) is 2.17. The minimum atomic E-state index is -0.160. The highest BCUT2D eigenvalue weighted by Crippen LogP contribution is 2.32. The van der Waals surface area contributed by atoms with Crippen molar-refractivity contribution in [3.8, 4) is 11.5 Å². The number of ether oxygens (including phenoxy) is 2. The van der Waals surface area contributed by atoms with Gasteiger partial charge in [-0.2, -0.15) is 0 Å². The predicted octanol–water partition coefficient (Wildman–Crippen LogP) is 3.40. The third-order valence-electron chi connectivity index (χ3n) is 3.20. The normalized spacial score (nSPS) is 12.6. The van der Waals surface area contributed by atoms with Crippen molar-refractivity contribution in [2.75, 3.05) is 6.79 Å². The van der Waals surface area contributed by atoms with Gasteiger partial charge in [-0.15, -0.1) is 0 Å². The third kappa shape index (κ3) is 3.59. The highest BCUT2D eigenvalue weighted by atomic mass is 35.5. The zero-order chi connectivity index (χ0) is 15.4. The van der Waals surface area contributed by atoms with Gasteiger partial charge < -0.3 is 14.8 Å². The van der Waals surface area contributed by atoms with Crippen molar-refractivity contribution < 1.29 is 14.3 Å². The lowest BCUT2D eigenvalue weighted by molar-refractivity contribution is -0.116. The minimum absolute atomic E-state index is 0.160. The number of hydrogen-bond donors (Lipinski definition) is 1. The van der Waals surface area contributed by atoms with Crippen molar-refractivity contribution in [2.24, 2.45) is 0 Å². The second kappa shape index (κ2) is 6.54. The molecule has 0 unspecified atom stereocenters. The zero-order valence-corrected chi connectivity index (χ0v) is 12.5. The van der Waals surface area contributed by atoms with Gasteiger partial charge in [0.25, 0.3) is 0 Å². The lowest BCUT2D eigenvalue weighted by Crippen LogP contribution is -2.20. The molecule has 0 saturated carbocycles. The highest BCUT2D eigenvalue weighted by molar-refractivity contribution is 6.30. The summed E-state index contributed by atoms with van der Waals surface area (Å²) in [5.41, 5.74) is 1.88. The van der Waals surface area contributed by atoms with Crippen molar-refractivity contribution in [1.82, 2.24) is 5.32 Å². The molecule has 112 valence electrons. The molecule has 1 heterocycles. The number of amides is 1. The number of carbonyl (C=O) groups is 1. The highest BCUT2D eigenvalue weighted by Gasteiger charge is 2.13. The van der Waals surface area contributed by atoms with E-state index in [0.717, 1.165) is 16.9 Å². The van der Waals surface area contributed by atoms with Crippen LogP contribution in [0.4, 0.5) is 0 Å². The van der Waals surface area contributed by atoms with Gasteiger partial charge in [0.2, 0.25) is 12.7 Å². The van der Waals surface area contributed by atoms with Gasteiger partial charge >= 0.3 is 0 Å². The number of nitrogens with one attached hydrogen (secondary N) is 1. The van der Waals surface area contributed by atoms with Gasteiger partial charge in [-0.1, -0.05) is 29.8 Å². The van der Waals surface area contributed by atoms with E-state index in [2.05, 4.69) is 5.32 Å². The number of fused-ring (bicyclic) bond motifs is 1. The molecule has 0 fully saturated rings. The Balaban J connectivity index is 1.55. The minimum Gasteiger partial charge on any atom is -0.454 e. The van der Waals surface area contributed by atoms with Crippen molar-refractivity contribution in [1.29, 1.82) is 0 Å². The van der Waals surface area contributed by atoms with Gasteiger partial charge in [0.15, 0.2) is 11.5 Å². The summed E-state index contributed by atoms with van der Waals surface area (Å²) in [7, 11) is 0. The summed E-state index contributed by atoms with van der Waals surface area (Å²) in [6.07, 6.45) is 3.24. The van der Waals surface area contributed by atoms with E-state index in [1.807, 2.05) is 30.3 Å². The lowest BCUT2D eigenvalue weighted by atomic mass is 10.2. The first kappa shape index (κ1) is 14.5. The summed E-state index contributed by atoms with van der Waals surface area (Å²) < 4.78 is 10.5. The van der Waals surface area contributed by atoms with E-state index in [1.54, 1.807) is 18.2 Å². The number of benzene rings is 2. The molecular weight excluding hydrogens is 302 g/mol. The van der Waals surface area contributed by atoms with Crippen LogP contribution in [-0.2, 0) is 11.3 Å². The maximum Gasteiger partial charge on any atom is 0.244 e. The standard InChI is InChI=1S/C17H14ClNO3/c18-14-5-1-12(2-6-14)4-8-17(20)19-10-13-3-7-15-16(9-13)22-11-21-15/h1-9H,10-11H2,(H,19,20)/b8-4+. The van der Waals surface area contributed by atoms with Crippen LogP contribution in [0.2, 0.25) is 5.02 Å². The summed E-state index contributed by atoms with van der Waals surface area (Å²) in [6.45, 7) is 0.676. The summed E-state index contributed by atoms with van der Waals surface area (Å²) in [5, 5.41) is 3.49. The second-order valence-corrected chi connectivity index (χ2v) is 5.23. The van der Waals surface area contributed by atoms with E-state index < -0.39 is 0 Å². The molecule has 0 spiro atoms. The number of rotatable bonds is 4. The summed E-state index contributed by atoms with van der Waals surface area (Å²) in [6, 6.07) is 12.9. The predicted molar refractivity (Wildman–Crippen MR) is 84.9 cm³/mol. The summed E-state index contributed by atoms with van der Waals surface area (Å²) >= 11 is 5.81. The molecule has 1 N–H and O–H groups in total. The molecule has 4 nitrogen and oxygen atoms in total. The van der Waals surface area contributed by atoms with Gasteiger partial charge in [0.1, 0.15) is 0 Å². The van der Waals surface area contributed by atoms with E-state index in [0.29, 0.717) is 17.3 Å². The summed E-state index contributed by atoms with van der Waals surface area (Å²) in [5.74, 6) is 1.29. The van der Waals surface area contributed by atoms with E-state index in [9.17, 15) is 4.79 Å². The Bertz CT molecular complexity index is 710. The molecule has 3 rings (SSSR count). The smallest absolute Gasteiger partial charge is 0.244 e. The van der Waals surface area contributed by atoms with Crippen LogP contribution in [0.3, 0.4) is 0 Å². The Morgan fingerprint density at radius 2 is 1.91 bits per heavy atom. The first-order valence-corrected chi connectivity index (χ1v) is 7.18. The largest absolute Gasteiger partial charge is 0.454 e. The van der Waals surface area contributed by atoms with Crippen LogP contribution in [0.15, 0.2) is 48.5 Å². The molecule has 1 aliphatic rings. The van der Waals surface area contributed by atoms with Crippen LogP contribution in [0, 0.1) is 0 Å². The van der Waals surface area contributed by atoms with Crippen molar-refractivity contribution in [3.63, 3.8) is 0 Å². The fourth-order valence-electron chi connectivity index (χ4n) is 2.04. The average molecular weight is 316 g/mol. The molecule has 2 aromatic carbocycles. The maximum absolute atomic E-state index is 11.8. The maximum atomic E-state index is 11.8. The van der Waals surface area contributed by atoms with Gasteiger partial charge in [-0.05, 0) is 41.5 Å². The third-order valence-corrected chi connectivity index (χ3v) is 3.45. The molecule has 0 aromatic heterocycles. The fraction of sp³-hybridized carbons (Fsp3) is 0.118. The Morgan fingerprint density at radius 1 is 1.14 bits per heavy atom. The number of carbonyl (C=O) groups excluding carboxylic acids is 1. The quantitative estimate of drug-likeness (QED) is 0.880. The van der Waals surface area contributed by atoms with Crippen molar-refractivity contribution in [2.45, 2.75) is 6.54 Å². The molecular formula is C17H14ClNO3. The Labute approximate surface area is 133 Å². The second-order valence-electron chi connectivity index (χ2n) is 4.79. The van der Waals surface area contributed by atoms with Gasteiger partial charge in [-0.25, -0.2) is 0 Å². The topological polar surface area (TPSA) is 47.6 Å². The van der Waals surface area contributed by atoms with Crippen molar-refractivity contribution in [3.05, 3.63) is 64.7 Å². The van der Waals surface area contributed by atoms with Crippen molar-refractivity contribution >= 4 is 23.6 Å². The van der Waals surface area contributed by atoms with E-state index in [-0.39, 0.29) is 12.7 Å². The van der Waals surface area contributed by atoms with Crippen LogP contribution in [-0.4, -0.2) is 12.7 Å². The van der Waals surface area contributed by atoms with Gasteiger partial charge in [0.05, 0.1) is 0 Å². The number of halogens is 1. The zero-order valence-electron chi connectivity index (χ0n) is 11.7. The Morgan fingerprint density at radius 3 is 2.73 bits per heavy atom. The molecule has 0 saturated heterocycles. The molecule has 22 heavy (non-hydrogen) atoms. The van der Waals surface area contributed by atoms with Crippen LogP contribution >= 0.6 is 11.6 Å². The van der Waals surface area contributed by atoms with Gasteiger partial charge in [-0.3, -0.25) is 4.79 Å². The molecule has 0 aliphatic carbocycles. The monoisotopic (exact) mass is 315 g/mol. The van der Waals surface area contributed by atoms with E-state index in [4.69, 9.17) is 21.1 Å². The molecule has 5 heteroatoms. The van der Waals surface area contributed by atoms with Crippen LogP contribution in [0.25, 0.3) is 6.08 Å². The van der Waals surface area contributed by atoms with Crippen LogP contribution in [0.1, 0.15) is 11.1 Å². The molecule has 2 aromatic rings. The van der Waals surface area contributed by atoms with E-state index in [1.165, 1.54) is 6.08 Å². The molecule has 0 bridgehead atoms. The molecule has 0 radical (unpaired) electrons. The lowest BCUT2D eigenvalue weighted by Gasteiger charge is -2.04. The van der Waals surface area contributed by atoms with Crippen LogP contribution < -0.4 is 14.8 Å². The van der Waals surface area contributed by atoms with Gasteiger partial charge in [0, 0.05) is 17.6 Å². The average Bonchev–Trinajstić information content (AvgIpc) is 3.00. The van der Waals surface area contributed by atoms with Crippen LogP contribution in [0.5, 0.6) is 11.5 Å². The Hall–Kier alpha value is -2.46. The molecule has 1 amide bonds. The Kier molecular flexibility index (Phi) is 4.30. The number of hydrogen-bond acceptors (Lipinski definition) is 3. The molecule has 1 aliphatic heterocycles. The first-order valence-electron chi connectivity index (χ1n) is 6.81. The van der Waals surface area contributed by atoms with E-state index >= 15 is 0 Å². The SMILES string of the molecule is O=C(/C=C/c1ccc(Cl)cc1)NCc1ccc2c(c1)OCO2. The summed E-state index contributed by atoms with van der Waals surface area (Å²) in [4.78, 5) is 11.8.